The zero-order valence-electron chi connectivity index (χ0n) is 11.5. The number of rotatable bonds is 6. The van der Waals surface area contributed by atoms with Crippen molar-refractivity contribution in [3.63, 3.8) is 0 Å². The van der Waals surface area contributed by atoms with Crippen LogP contribution in [0.15, 0.2) is 22.8 Å². The van der Waals surface area contributed by atoms with E-state index in [1.54, 1.807) is 6.26 Å². The highest BCUT2D eigenvalue weighted by atomic mass is 16.3. The van der Waals surface area contributed by atoms with Crippen LogP contribution in [0.2, 0.25) is 0 Å². The third-order valence-electron chi connectivity index (χ3n) is 2.99. The fourth-order valence-corrected chi connectivity index (χ4v) is 1.64. The minimum atomic E-state index is -0.468. The molecule has 5 nitrogen and oxygen atoms in total. The molecule has 1 aromatic heterocycles. The zero-order chi connectivity index (χ0) is 13.7. The van der Waals surface area contributed by atoms with E-state index in [0.29, 0.717) is 6.54 Å². The number of nitrogens with one attached hydrogen (secondary N) is 1. The van der Waals surface area contributed by atoms with E-state index >= 15 is 0 Å². The summed E-state index contributed by atoms with van der Waals surface area (Å²) in [5, 5.41) is 2.87. The smallest absolute Gasteiger partial charge is 0.237 e. The van der Waals surface area contributed by atoms with Gasteiger partial charge in [0, 0.05) is 6.54 Å². The van der Waals surface area contributed by atoms with E-state index in [1.165, 1.54) is 0 Å². The number of nitrogens with two attached hydrogens (primary N) is 1. The molecule has 3 N–H and O–H groups in total. The van der Waals surface area contributed by atoms with Crippen molar-refractivity contribution in [3.8, 4) is 0 Å². The van der Waals surface area contributed by atoms with E-state index in [0.717, 1.165) is 5.76 Å². The van der Waals surface area contributed by atoms with Gasteiger partial charge in [-0.3, -0.25) is 9.69 Å². The number of nitrogens with zero attached hydrogens (tertiary/aromatic N) is 1. The quantitative estimate of drug-likeness (QED) is 0.793. The number of hydrogen-bond donors (Lipinski definition) is 2. The molecule has 0 radical (unpaired) electrons. The van der Waals surface area contributed by atoms with Gasteiger partial charge in [0.1, 0.15) is 5.76 Å². The van der Waals surface area contributed by atoms with Crippen molar-refractivity contribution in [2.45, 2.75) is 25.9 Å². The monoisotopic (exact) mass is 253 g/mol. The molecule has 1 rings (SSSR count). The minimum Gasteiger partial charge on any atom is -0.468 e. The number of carbonyl (C=O) groups excluding carboxylic acids is 1. The molecule has 18 heavy (non-hydrogen) atoms. The fourth-order valence-electron chi connectivity index (χ4n) is 1.64. The minimum absolute atomic E-state index is 0.0170. The van der Waals surface area contributed by atoms with E-state index in [2.05, 4.69) is 5.32 Å². The van der Waals surface area contributed by atoms with Crippen LogP contribution in [0.4, 0.5) is 0 Å². The first-order valence-electron chi connectivity index (χ1n) is 6.16. The molecule has 0 aromatic carbocycles. The molecule has 0 aliphatic rings. The standard InChI is InChI=1S/C13H23N3O2/c1-9(2)12(14)13(17)15-8-10(16(3)4)11-6-5-7-18-11/h5-7,9-10,12H,8,14H2,1-4H3,(H,15,17). The SMILES string of the molecule is CC(C)C(N)C(=O)NCC(c1ccco1)N(C)C. The van der Waals surface area contributed by atoms with Crippen LogP contribution in [0.5, 0.6) is 0 Å². The zero-order valence-corrected chi connectivity index (χ0v) is 11.5. The van der Waals surface area contributed by atoms with E-state index in [9.17, 15) is 4.79 Å². The summed E-state index contributed by atoms with van der Waals surface area (Å²) in [6.07, 6.45) is 1.63. The predicted molar refractivity (Wildman–Crippen MR) is 71.0 cm³/mol. The highest BCUT2D eigenvalue weighted by Gasteiger charge is 2.21. The molecule has 2 unspecified atom stereocenters. The third kappa shape index (κ3) is 3.85. The van der Waals surface area contributed by atoms with Crippen molar-refractivity contribution in [2.75, 3.05) is 20.6 Å². The van der Waals surface area contributed by atoms with Gasteiger partial charge in [-0.2, -0.15) is 0 Å². The highest BCUT2D eigenvalue weighted by molar-refractivity contribution is 5.81. The predicted octanol–water partition coefficient (Wildman–Crippen LogP) is 0.982. The van der Waals surface area contributed by atoms with Crippen LogP contribution in [0, 0.1) is 5.92 Å². The summed E-state index contributed by atoms with van der Waals surface area (Å²) in [6, 6.07) is 3.29. The second kappa shape index (κ2) is 6.56. The first kappa shape index (κ1) is 14.7. The van der Waals surface area contributed by atoms with Crippen LogP contribution in [0.3, 0.4) is 0 Å². The van der Waals surface area contributed by atoms with Gasteiger partial charge in [0.25, 0.3) is 0 Å². The number of amides is 1. The second-order valence-corrected chi connectivity index (χ2v) is 5.01. The molecule has 0 aliphatic carbocycles. The Hall–Kier alpha value is -1.33. The molecule has 0 saturated heterocycles. The van der Waals surface area contributed by atoms with Crippen LogP contribution < -0.4 is 11.1 Å². The van der Waals surface area contributed by atoms with Crippen molar-refractivity contribution >= 4 is 5.91 Å². The van der Waals surface area contributed by atoms with Crippen LogP contribution in [0.25, 0.3) is 0 Å². The molecule has 1 amide bonds. The number of likely N-dealkylation sites (N-methyl/N-ethyl adjacent to an activating group) is 1. The number of carbonyl (C=O) groups is 1. The lowest BCUT2D eigenvalue weighted by Crippen LogP contribution is -2.46. The highest BCUT2D eigenvalue weighted by Crippen LogP contribution is 2.17. The Labute approximate surface area is 108 Å². The summed E-state index contributed by atoms with van der Waals surface area (Å²) in [7, 11) is 3.89. The van der Waals surface area contributed by atoms with Gasteiger partial charge in [0.2, 0.25) is 5.91 Å². The molecular weight excluding hydrogens is 230 g/mol. The summed E-state index contributed by atoms with van der Waals surface area (Å²) in [5.41, 5.74) is 5.79. The Morgan fingerprint density at radius 1 is 1.50 bits per heavy atom. The fraction of sp³-hybridized carbons (Fsp3) is 0.615. The van der Waals surface area contributed by atoms with Crippen molar-refractivity contribution in [1.82, 2.24) is 10.2 Å². The lowest BCUT2D eigenvalue weighted by Gasteiger charge is -2.24. The van der Waals surface area contributed by atoms with Gasteiger partial charge in [-0.1, -0.05) is 13.8 Å². The molecule has 0 saturated carbocycles. The summed E-state index contributed by atoms with van der Waals surface area (Å²) >= 11 is 0. The number of furan rings is 1. The Morgan fingerprint density at radius 2 is 2.17 bits per heavy atom. The average molecular weight is 253 g/mol. The summed E-state index contributed by atoms with van der Waals surface area (Å²) < 4.78 is 5.37. The molecule has 0 bridgehead atoms. The second-order valence-electron chi connectivity index (χ2n) is 5.01. The molecule has 2 atom stereocenters. The molecule has 1 heterocycles. The first-order chi connectivity index (χ1) is 8.43. The lowest BCUT2D eigenvalue weighted by atomic mass is 10.0. The van der Waals surface area contributed by atoms with Crippen LogP contribution in [-0.4, -0.2) is 37.5 Å². The maximum absolute atomic E-state index is 11.8. The van der Waals surface area contributed by atoms with Gasteiger partial charge in [0.15, 0.2) is 0 Å². The maximum Gasteiger partial charge on any atom is 0.237 e. The average Bonchev–Trinajstić information content (AvgIpc) is 2.81. The number of hydrogen-bond acceptors (Lipinski definition) is 4. The molecule has 0 fully saturated rings. The molecule has 0 aliphatic heterocycles. The van der Waals surface area contributed by atoms with Gasteiger partial charge in [-0.25, -0.2) is 0 Å². The Balaban J connectivity index is 2.57. The Bertz CT molecular complexity index is 360. The van der Waals surface area contributed by atoms with Gasteiger partial charge in [-0.05, 0) is 32.1 Å². The van der Waals surface area contributed by atoms with Gasteiger partial charge >= 0.3 is 0 Å². The summed E-state index contributed by atoms with van der Waals surface area (Å²) in [4.78, 5) is 13.8. The lowest BCUT2D eigenvalue weighted by molar-refractivity contribution is -0.123. The van der Waals surface area contributed by atoms with E-state index in [-0.39, 0.29) is 17.9 Å². The molecule has 102 valence electrons. The van der Waals surface area contributed by atoms with E-state index in [1.807, 2.05) is 45.0 Å². The molecule has 1 aromatic rings. The van der Waals surface area contributed by atoms with Crippen molar-refractivity contribution < 1.29 is 9.21 Å². The maximum atomic E-state index is 11.8. The largest absolute Gasteiger partial charge is 0.468 e. The van der Waals surface area contributed by atoms with Crippen molar-refractivity contribution in [2.24, 2.45) is 11.7 Å². The van der Waals surface area contributed by atoms with Gasteiger partial charge in [-0.15, -0.1) is 0 Å². The summed E-state index contributed by atoms with van der Waals surface area (Å²) in [5.74, 6) is 0.841. The van der Waals surface area contributed by atoms with Crippen molar-refractivity contribution in [1.29, 1.82) is 0 Å². The third-order valence-corrected chi connectivity index (χ3v) is 2.99. The van der Waals surface area contributed by atoms with E-state index in [4.69, 9.17) is 10.2 Å². The topological polar surface area (TPSA) is 71.5 Å². The van der Waals surface area contributed by atoms with Crippen LogP contribution >= 0.6 is 0 Å². The van der Waals surface area contributed by atoms with Gasteiger partial charge < -0.3 is 15.5 Å². The normalized spacial score (nSPS) is 14.8. The Morgan fingerprint density at radius 3 is 2.61 bits per heavy atom. The molecule has 0 spiro atoms. The first-order valence-corrected chi connectivity index (χ1v) is 6.16. The van der Waals surface area contributed by atoms with Crippen LogP contribution in [0.1, 0.15) is 25.6 Å². The van der Waals surface area contributed by atoms with Crippen LogP contribution in [-0.2, 0) is 4.79 Å². The molecular formula is C13H23N3O2. The molecule has 5 heteroatoms. The van der Waals surface area contributed by atoms with E-state index < -0.39 is 6.04 Å². The summed E-state index contributed by atoms with van der Waals surface area (Å²) in [6.45, 7) is 4.35. The van der Waals surface area contributed by atoms with Crippen molar-refractivity contribution in [3.05, 3.63) is 24.2 Å². The Kier molecular flexibility index (Phi) is 5.37. The van der Waals surface area contributed by atoms with Gasteiger partial charge in [0.05, 0.1) is 18.3 Å².